The van der Waals surface area contributed by atoms with E-state index in [-0.39, 0.29) is 6.04 Å². The van der Waals surface area contributed by atoms with Gasteiger partial charge in [0.05, 0.1) is 0 Å². The highest BCUT2D eigenvalue weighted by molar-refractivity contribution is 7.07. The number of hydrogen-bond donors (Lipinski definition) is 0. The Morgan fingerprint density at radius 1 is 1.45 bits per heavy atom. The molecule has 1 aliphatic heterocycles. The van der Waals surface area contributed by atoms with E-state index in [0.717, 1.165) is 24.6 Å². The zero-order valence-corrected chi connectivity index (χ0v) is 11.8. The SMILES string of the molecule is CC1CCCCN1C(=O)Cn1c(C(F)(F)F)csc1=O. The van der Waals surface area contributed by atoms with Gasteiger partial charge in [0.15, 0.2) is 0 Å². The van der Waals surface area contributed by atoms with Crippen molar-refractivity contribution in [3.8, 4) is 0 Å². The standard InChI is InChI=1S/C12H15F3N2O2S/c1-8-4-2-3-5-16(8)10(18)6-17-9(12(13,14)15)7-20-11(17)19/h7-8H,2-6H2,1H3. The Kier molecular flexibility index (Phi) is 4.22. The summed E-state index contributed by atoms with van der Waals surface area (Å²) in [7, 11) is 0. The molecular formula is C12H15F3N2O2S. The van der Waals surface area contributed by atoms with Crippen molar-refractivity contribution in [1.82, 2.24) is 9.47 Å². The van der Waals surface area contributed by atoms with E-state index in [0.29, 0.717) is 22.4 Å². The van der Waals surface area contributed by atoms with E-state index in [1.807, 2.05) is 6.92 Å². The maximum absolute atomic E-state index is 12.8. The lowest BCUT2D eigenvalue weighted by Gasteiger charge is -2.33. The van der Waals surface area contributed by atoms with E-state index in [4.69, 9.17) is 0 Å². The molecule has 20 heavy (non-hydrogen) atoms. The highest BCUT2D eigenvalue weighted by atomic mass is 32.1. The van der Waals surface area contributed by atoms with Crippen LogP contribution in [0.25, 0.3) is 0 Å². The van der Waals surface area contributed by atoms with E-state index in [1.165, 1.54) is 0 Å². The molecule has 112 valence electrons. The molecule has 2 rings (SSSR count). The van der Waals surface area contributed by atoms with Crippen LogP contribution >= 0.6 is 11.3 Å². The molecule has 0 aliphatic carbocycles. The van der Waals surface area contributed by atoms with Crippen molar-refractivity contribution in [3.63, 3.8) is 0 Å². The van der Waals surface area contributed by atoms with Gasteiger partial charge < -0.3 is 4.90 Å². The maximum atomic E-state index is 12.8. The van der Waals surface area contributed by atoms with Crippen molar-refractivity contribution in [2.45, 2.75) is 44.9 Å². The average Bonchev–Trinajstić information content (AvgIpc) is 2.71. The number of aromatic nitrogens is 1. The second kappa shape index (κ2) is 5.59. The largest absolute Gasteiger partial charge is 0.432 e. The molecule has 2 heterocycles. The minimum absolute atomic E-state index is 0.0138. The highest BCUT2D eigenvalue weighted by Gasteiger charge is 2.36. The van der Waals surface area contributed by atoms with Gasteiger partial charge in [-0.2, -0.15) is 13.2 Å². The fourth-order valence-corrected chi connectivity index (χ4v) is 3.16. The quantitative estimate of drug-likeness (QED) is 0.841. The summed E-state index contributed by atoms with van der Waals surface area (Å²) in [4.78, 5) is 24.4. The number of hydrogen-bond acceptors (Lipinski definition) is 3. The lowest BCUT2D eigenvalue weighted by molar-refractivity contribution is -0.145. The molecule has 0 spiro atoms. The summed E-state index contributed by atoms with van der Waals surface area (Å²) in [5.41, 5.74) is -1.05. The van der Waals surface area contributed by atoms with Crippen molar-refractivity contribution >= 4 is 17.2 Å². The fourth-order valence-electron chi connectivity index (χ4n) is 2.40. The van der Waals surface area contributed by atoms with Gasteiger partial charge in [-0.3, -0.25) is 14.2 Å². The smallest absolute Gasteiger partial charge is 0.338 e. The van der Waals surface area contributed by atoms with Crippen molar-refractivity contribution in [3.05, 3.63) is 20.7 Å². The van der Waals surface area contributed by atoms with E-state index in [9.17, 15) is 22.8 Å². The molecule has 1 aromatic rings. The van der Waals surface area contributed by atoms with Crippen LogP contribution in [-0.2, 0) is 17.5 Å². The van der Waals surface area contributed by atoms with Crippen LogP contribution in [-0.4, -0.2) is 28.0 Å². The number of alkyl halides is 3. The molecule has 4 nitrogen and oxygen atoms in total. The molecule has 0 N–H and O–H groups in total. The van der Waals surface area contributed by atoms with E-state index < -0.39 is 29.2 Å². The van der Waals surface area contributed by atoms with E-state index in [1.54, 1.807) is 4.90 Å². The number of nitrogens with zero attached hydrogens (tertiary/aromatic N) is 2. The van der Waals surface area contributed by atoms with Gasteiger partial charge in [-0.15, -0.1) is 0 Å². The van der Waals surface area contributed by atoms with Gasteiger partial charge in [0.25, 0.3) is 0 Å². The average molecular weight is 308 g/mol. The Morgan fingerprint density at radius 3 is 2.75 bits per heavy atom. The minimum Gasteiger partial charge on any atom is -0.338 e. The summed E-state index contributed by atoms with van der Waals surface area (Å²) in [6.45, 7) is 1.87. The second-order valence-electron chi connectivity index (χ2n) is 4.90. The van der Waals surface area contributed by atoms with Crippen LogP contribution in [0.3, 0.4) is 0 Å². The van der Waals surface area contributed by atoms with Crippen molar-refractivity contribution in [2.24, 2.45) is 0 Å². The number of halogens is 3. The molecule has 1 unspecified atom stereocenters. The van der Waals surface area contributed by atoms with Crippen LogP contribution in [0.4, 0.5) is 13.2 Å². The Bertz CT molecular complexity index is 550. The van der Waals surface area contributed by atoms with Crippen LogP contribution < -0.4 is 4.87 Å². The van der Waals surface area contributed by atoms with Gasteiger partial charge in [0, 0.05) is 18.0 Å². The molecular weight excluding hydrogens is 293 g/mol. The normalized spacial score (nSPS) is 20.2. The van der Waals surface area contributed by atoms with Gasteiger partial charge in [-0.05, 0) is 26.2 Å². The van der Waals surface area contributed by atoms with Gasteiger partial charge in [-0.25, -0.2) is 0 Å². The van der Waals surface area contributed by atoms with Crippen LogP contribution in [0.5, 0.6) is 0 Å². The fraction of sp³-hybridized carbons (Fsp3) is 0.667. The van der Waals surface area contributed by atoms with Crippen LogP contribution in [0.1, 0.15) is 31.9 Å². The predicted molar refractivity (Wildman–Crippen MR) is 68.6 cm³/mol. The lowest BCUT2D eigenvalue weighted by Crippen LogP contribution is -2.44. The van der Waals surface area contributed by atoms with Crippen LogP contribution in [0, 0.1) is 0 Å². The molecule has 0 saturated carbocycles. The summed E-state index contributed by atoms with van der Waals surface area (Å²) in [6.07, 6.45) is -1.92. The third kappa shape index (κ3) is 3.05. The minimum atomic E-state index is -4.62. The number of piperidine rings is 1. The first-order valence-electron chi connectivity index (χ1n) is 6.35. The molecule has 1 fully saturated rings. The van der Waals surface area contributed by atoms with E-state index >= 15 is 0 Å². The van der Waals surface area contributed by atoms with Gasteiger partial charge in [0.1, 0.15) is 12.2 Å². The van der Waals surface area contributed by atoms with Crippen LogP contribution in [0.2, 0.25) is 0 Å². The molecule has 1 aliphatic rings. The number of carbonyl (C=O) groups excluding carboxylic acids is 1. The van der Waals surface area contributed by atoms with Gasteiger partial charge >= 0.3 is 11.0 Å². The Balaban J connectivity index is 2.20. The third-order valence-electron chi connectivity index (χ3n) is 3.49. The number of likely N-dealkylation sites (tertiary alicyclic amines) is 1. The Morgan fingerprint density at radius 2 is 2.15 bits per heavy atom. The number of thiazole rings is 1. The predicted octanol–water partition coefficient (Wildman–Crippen LogP) is 2.33. The summed E-state index contributed by atoms with van der Waals surface area (Å²) in [5.74, 6) is -0.428. The first-order chi connectivity index (χ1) is 9.30. The molecule has 8 heteroatoms. The molecule has 1 saturated heterocycles. The molecule has 1 atom stereocenters. The van der Waals surface area contributed by atoms with Crippen LogP contribution in [0.15, 0.2) is 10.2 Å². The molecule has 0 radical (unpaired) electrons. The number of amides is 1. The molecule has 1 amide bonds. The first-order valence-corrected chi connectivity index (χ1v) is 7.23. The Hall–Kier alpha value is -1.31. The maximum Gasteiger partial charge on any atom is 0.432 e. The number of carbonyl (C=O) groups is 1. The summed E-state index contributed by atoms with van der Waals surface area (Å²) >= 11 is 0.464. The monoisotopic (exact) mass is 308 g/mol. The lowest BCUT2D eigenvalue weighted by atomic mass is 10.0. The van der Waals surface area contributed by atoms with Crippen molar-refractivity contribution in [1.29, 1.82) is 0 Å². The molecule has 1 aromatic heterocycles. The Labute approximate surface area is 117 Å². The van der Waals surface area contributed by atoms with Crippen molar-refractivity contribution < 1.29 is 18.0 Å². The molecule has 0 aromatic carbocycles. The second-order valence-corrected chi connectivity index (χ2v) is 5.72. The third-order valence-corrected chi connectivity index (χ3v) is 4.25. The zero-order chi connectivity index (χ0) is 14.9. The van der Waals surface area contributed by atoms with Gasteiger partial charge in [0.2, 0.25) is 5.91 Å². The topological polar surface area (TPSA) is 42.3 Å². The highest BCUT2D eigenvalue weighted by Crippen LogP contribution is 2.29. The first kappa shape index (κ1) is 15.1. The summed E-state index contributed by atoms with van der Waals surface area (Å²) < 4.78 is 38.8. The summed E-state index contributed by atoms with van der Waals surface area (Å²) in [6, 6.07) is 0.0138. The van der Waals surface area contributed by atoms with E-state index in [2.05, 4.69) is 0 Å². The van der Waals surface area contributed by atoms with Crippen molar-refractivity contribution in [2.75, 3.05) is 6.54 Å². The molecule has 0 bridgehead atoms. The summed E-state index contributed by atoms with van der Waals surface area (Å²) in [5, 5.41) is 0.759. The number of rotatable bonds is 2. The zero-order valence-electron chi connectivity index (χ0n) is 10.9. The van der Waals surface area contributed by atoms with Gasteiger partial charge in [-0.1, -0.05) is 11.3 Å².